The predicted octanol–water partition coefficient (Wildman–Crippen LogP) is 1.28. The van der Waals surface area contributed by atoms with Gasteiger partial charge in [0.05, 0.1) is 11.9 Å². The fourth-order valence-electron chi connectivity index (χ4n) is 4.01. The molecule has 204 valence electrons. The molecule has 1 saturated heterocycles. The number of hydrogen-bond acceptors (Lipinski definition) is 7. The summed E-state index contributed by atoms with van der Waals surface area (Å²) >= 11 is 1.38. The molecule has 1 aliphatic rings. The second-order valence-corrected chi connectivity index (χ2v) is 10.3. The molecule has 1 fully saturated rings. The van der Waals surface area contributed by atoms with Gasteiger partial charge in [-0.25, -0.2) is 4.79 Å². The summed E-state index contributed by atoms with van der Waals surface area (Å²) in [5.41, 5.74) is 0.743. The number of thioether (sulfide) groups is 1. The van der Waals surface area contributed by atoms with Crippen LogP contribution in [-0.4, -0.2) is 81.3 Å². The number of rotatable bonds is 12. The SMILES string of the molecule is CC(C)[C@H](NC(=O)COc1ccccc1)C(=O)N1CSC[C@H]1C(=O)N[C@@H](Cc1ccccc1)C(O)C(=O)O. The van der Waals surface area contributed by atoms with E-state index in [9.17, 15) is 29.4 Å². The normalized spacial score (nSPS) is 17.4. The fourth-order valence-corrected chi connectivity index (χ4v) is 5.17. The molecule has 0 aromatic heterocycles. The largest absolute Gasteiger partial charge is 0.484 e. The number of carbonyl (C=O) groups excluding carboxylic acids is 3. The van der Waals surface area contributed by atoms with Crippen molar-refractivity contribution in [2.45, 2.75) is 44.5 Å². The van der Waals surface area contributed by atoms with Crippen molar-refractivity contribution >= 4 is 35.5 Å². The lowest BCUT2D eigenvalue weighted by Crippen LogP contribution is -2.58. The highest BCUT2D eigenvalue weighted by Gasteiger charge is 2.40. The molecule has 0 saturated carbocycles. The number of carbonyl (C=O) groups is 4. The van der Waals surface area contributed by atoms with E-state index < -0.39 is 47.9 Å². The summed E-state index contributed by atoms with van der Waals surface area (Å²) in [6.45, 7) is 3.31. The van der Waals surface area contributed by atoms with Crippen molar-refractivity contribution in [1.82, 2.24) is 15.5 Å². The van der Waals surface area contributed by atoms with Crippen LogP contribution in [0, 0.1) is 5.92 Å². The van der Waals surface area contributed by atoms with E-state index in [0.717, 1.165) is 5.56 Å². The first-order valence-corrected chi connectivity index (χ1v) is 13.4. The number of benzene rings is 2. The zero-order valence-electron chi connectivity index (χ0n) is 21.3. The van der Waals surface area contributed by atoms with Crippen LogP contribution in [-0.2, 0) is 25.6 Å². The molecule has 3 rings (SSSR count). The first-order valence-electron chi connectivity index (χ1n) is 12.3. The van der Waals surface area contributed by atoms with Crippen molar-refractivity contribution in [3.05, 3.63) is 66.2 Å². The summed E-state index contributed by atoms with van der Waals surface area (Å²) in [5.74, 6) is -2.12. The first kappa shape index (κ1) is 29.0. The van der Waals surface area contributed by atoms with E-state index in [4.69, 9.17) is 4.74 Å². The number of carboxylic acid groups (broad SMARTS) is 1. The number of amides is 3. The Morgan fingerprint density at radius 3 is 2.26 bits per heavy atom. The molecule has 2 aromatic carbocycles. The molecular formula is C27H33N3O7S. The fraction of sp³-hybridized carbons (Fsp3) is 0.407. The van der Waals surface area contributed by atoms with Crippen LogP contribution in [0.15, 0.2) is 60.7 Å². The van der Waals surface area contributed by atoms with Gasteiger partial charge in [0.25, 0.3) is 5.91 Å². The summed E-state index contributed by atoms with van der Waals surface area (Å²) in [5, 5.41) is 25.0. The van der Waals surface area contributed by atoms with Crippen LogP contribution in [0.25, 0.3) is 0 Å². The van der Waals surface area contributed by atoms with Crippen LogP contribution in [0.2, 0.25) is 0 Å². The van der Waals surface area contributed by atoms with Crippen LogP contribution in [0.3, 0.4) is 0 Å². The number of para-hydroxylation sites is 1. The second kappa shape index (κ2) is 13.8. The van der Waals surface area contributed by atoms with Gasteiger partial charge in [0.2, 0.25) is 11.8 Å². The van der Waals surface area contributed by atoms with E-state index in [2.05, 4.69) is 10.6 Å². The summed E-state index contributed by atoms with van der Waals surface area (Å²) < 4.78 is 5.47. The second-order valence-electron chi connectivity index (χ2n) is 9.30. The summed E-state index contributed by atoms with van der Waals surface area (Å²) in [4.78, 5) is 52.1. The maximum Gasteiger partial charge on any atom is 0.334 e. The van der Waals surface area contributed by atoms with Gasteiger partial charge < -0.3 is 30.5 Å². The Balaban J connectivity index is 1.66. The number of aliphatic hydroxyl groups is 1. The quantitative estimate of drug-likeness (QED) is 0.313. The van der Waals surface area contributed by atoms with Crippen LogP contribution >= 0.6 is 11.8 Å². The number of aliphatic hydroxyl groups excluding tert-OH is 1. The van der Waals surface area contributed by atoms with E-state index in [1.807, 2.05) is 12.1 Å². The highest BCUT2D eigenvalue weighted by molar-refractivity contribution is 7.99. The summed E-state index contributed by atoms with van der Waals surface area (Å²) in [7, 11) is 0. The Labute approximate surface area is 225 Å². The van der Waals surface area contributed by atoms with Gasteiger partial charge in [0.1, 0.15) is 17.8 Å². The Kier molecular flexibility index (Phi) is 10.5. The summed E-state index contributed by atoms with van der Waals surface area (Å²) in [6, 6.07) is 14.9. The third-order valence-electron chi connectivity index (χ3n) is 6.09. The van der Waals surface area contributed by atoms with Gasteiger partial charge in [0.15, 0.2) is 12.7 Å². The number of carboxylic acids is 1. The Bertz CT molecular complexity index is 1100. The molecule has 0 spiro atoms. The van der Waals surface area contributed by atoms with Crippen molar-refractivity contribution in [1.29, 1.82) is 0 Å². The summed E-state index contributed by atoms with van der Waals surface area (Å²) in [6.07, 6.45) is -1.73. The molecule has 11 heteroatoms. The molecule has 1 aliphatic heterocycles. The van der Waals surface area contributed by atoms with Gasteiger partial charge in [-0.3, -0.25) is 14.4 Å². The Hall–Kier alpha value is -3.57. The standard InChI is InChI=1S/C27H33N3O7S/c1-17(2)23(29-22(31)14-37-19-11-7-4-8-12-19)26(34)30-16-38-15-21(30)25(33)28-20(24(32)27(35)36)13-18-9-5-3-6-10-18/h3-12,17,20-21,23-24,32H,13-16H2,1-2H3,(H,28,33)(H,29,31)(H,35,36)/t20-,21-,23-,24?/m0/s1. The smallest absolute Gasteiger partial charge is 0.334 e. The number of ether oxygens (including phenoxy) is 1. The topological polar surface area (TPSA) is 145 Å². The van der Waals surface area contributed by atoms with Crippen LogP contribution in [0.1, 0.15) is 19.4 Å². The molecule has 1 heterocycles. The van der Waals surface area contributed by atoms with Crippen molar-refractivity contribution in [2.75, 3.05) is 18.2 Å². The van der Waals surface area contributed by atoms with Gasteiger partial charge in [0, 0.05) is 5.75 Å². The number of aliphatic carboxylic acids is 1. The van der Waals surface area contributed by atoms with E-state index in [1.54, 1.807) is 62.4 Å². The van der Waals surface area contributed by atoms with E-state index in [1.165, 1.54) is 16.7 Å². The van der Waals surface area contributed by atoms with E-state index in [-0.39, 0.29) is 24.8 Å². The molecule has 0 aliphatic carbocycles. The third kappa shape index (κ3) is 7.96. The highest BCUT2D eigenvalue weighted by Crippen LogP contribution is 2.24. The highest BCUT2D eigenvalue weighted by atomic mass is 32.2. The molecule has 0 radical (unpaired) electrons. The maximum absolute atomic E-state index is 13.5. The zero-order valence-corrected chi connectivity index (χ0v) is 22.1. The lowest BCUT2D eigenvalue weighted by molar-refractivity contribution is -0.149. The Morgan fingerprint density at radius 1 is 1.03 bits per heavy atom. The van der Waals surface area contributed by atoms with Crippen LogP contribution in [0.4, 0.5) is 0 Å². The molecule has 3 amide bonds. The van der Waals surface area contributed by atoms with Crippen LogP contribution in [0.5, 0.6) is 5.75 Å². The average molecular weight is 544 g/mol. The monoisotopic (exact) mass is 543 g/mol. The zero-order chi connectivity index (χ0) is 27.7. The number of nitrogens with one attached hydrogen (secondary N) is 2. The first-order chi connectivity index (χ1) is 18.2. The predicted molar refractivity (Wildman–Crippen MR) is 142 cm³/mol. The lowest BCUT2D eigenvalue weighted by atomic mass is 10.00. The molecule has 0 bridgehead atoms. The van der Waals surface area contributed by atoms with E-state index in [0.29, 0.717) is 11.5 Å². The van der Waals surface area contributed by atoms with Gasteiger partial charge in [-0.1, -0.05) is 62.4 Å². The molecule has 4 atom stereocenters. The van der Waals surface area contributed by atoms with Crippen molar-refractivity contribution in [3.63, 3.8) is 0 Å². The van der Waals surface area contributed by atoms with E-state index >= 15 is 0 Å². The average Bonchev–Trinajstić information content (AvgIpc) is 3.40. The lowest BCUT2D eigenvalue weighted by Gasteiger charge is -2.31. The molecule has 38 heavy (non-hydrogen) atoms. The minimum Gasteiger partial charge on any atom is -0.484 e. The maximum atomic E-state index is 13.5. The van der Waals surface area contributed by atoms with Gasteiger partial charge in [-0.15, -0.1) is 11.8 Å². The van der Waals surface area contributed by atoms with Gasteiger partial charge in [-0.05, 0) is 30.0 Å². The van der Waals surface area contributed by atoms with Gasteiger partial charge >= 0.3 is 5.97 Å². The molecule has 1 unspecified atom stereocenters. The van der Waals surface area contributed by atoms with Gasteiger partial charge in [-0.2, -0.15) is 0 Å². The molecule has 2 aromatic rings. The minimum atomic E-state index is -1.83. The molecular weight excluding hydrogens is 510 g/mol. The van der Waals surface area contributed by atoms with Crippen molar-refractivity contribution in [2.24, 2.45) is 5.92 Å². The molecule has 10 nitrogen and oxygen atoms in total. The molecule has 4 N–H and O–H groups in total. The minimum absolute atomic E-state index is 0.0972. The van der Waals surface area contributed by atoms with Crippen molar-refractivity contribution < 1.29 is 34.1 Å². The number of nitrogens with zero attached hydrogens (tertiary/aromatic N) is 1. The Morgan fingerprint density at radius 2 is 1.66 bits per heavy atom. The number of hydrogen-bond donors (Lipinski definition) is 4. The third-order valence-corrected chi connectivity index (χ3v) is 7.10. The van der Waals surface area contributed by atoms with Crippen LogP contribution < -0.4 is 15.4 Å². The van der Waals surface area contributed by atoms with Crippen molar-refractivity contribution in [3.8, 4) is 5.75 Å².